The van der Waals surface area contributed by atoms with Gasteiger partial charge in [0.15, 0.2) is 0 Å². The molecule has 1 N–H and O–H groups in total. The molecule has 0 unspecified atom stereocenters. The van der Waals surface area contributed by atoms with E-state index in [0.29, 0.717) is 18.2 Å². The number of hydrogen-bond donors (Lipinski definition) is 1. The lowest BCUT2D eigenvalue weighted by molar-refractivity contribution is -0.128. The number of likely N-dealkylation sites (tertiary alicyclic amines) is 1. The molecule has 7 heteroatoms. The maximum absolute atomic E-state index is 12.3. The third kappa shape index (κ3) is 4.04. The minimum atomic E-state index is -0.124. The van der Waals surface area contributed by atoms with Crippen LogP contribution < -0.4 is 10.9 Å². The van der Waals surface area contributed by atoms with Crippen LogP contribution in [0.4, 0.5) is 5.95 Å². The number of carbonyl (C=O) groups is 1. The number of aromatic nitrogens is 3. The number of hydrogen-bond acceptors (Lipinski definition) is 5. The fourth-order valence-corrected chi connectivity index (χ4v) is 3.07. The lowest BCUT2D eigenvalue weighted by Crippen LogP contribution is -2.39. The number of rotatable bonds is 3. The summed E-state index contributed by atoms with van der Waals surface area (Å²) in [6, 6.07) is 5.26. The van der Waals surface area contributed by atoms with E-state index in [0.717, 1.165) is 31.4 Å². The van der Waals surface area contributed by atoms with E-state index in [2.05, 4.69) is 15.3 Å². The van der Waals surface area contributed by atoms with Gasteiger partial charge in [-0.25, -0.2) is 4.98 Å². The predicted octanol–water partition coefficient (Wildman–Crippen LogP) is 1.66. The van der Waals surface area contributed by atoms with Crippen LogP contribution in [0.2, 0.25) is 0 Å². The van der Waals surface area contributed by atoms with E-state index in [-0.39, 0.29) is 17.5 Å². The van der Waals surface area contributed by atoms with Crippen LogP contribution in [-0.2, 0) is 11.8 Å². The van der Waals surface area contributed by atoms with Crippen molar-refractivity contribution in [3.05, 3.63) is 40.9 Å². The van der Waals surface area contributed by atoms with Crippen molar-refractivity contribution in [2.75, 3.05) is 18.4 Å². The Kier molecular flexibility index (Phi) is 5.11. The van der Waals surface area contributed by atoms with Crippen molar-refractivity contribution >= 4 is 11.9 Å². The van der Waals surface area contributed by atoms with Gasteiger partial charge in [0.05, 0.1) is 5.69 Å². The predicted molar refractivity (Wildman–Crippen MR) is 96.2 cm³/mol. The Labute approximate surface area is 146 Å². The SMILES string of the molecule is CC(=O)N1CCCC[C@H](Nc2nc(-c3ccncc3)cc(=O)n2C)C1. The van der Waals surface area contributed by atoms with Crippen LogP contribution in [0.3, 0.4) is 0 Å². The van der Waals surface area contributed by atoms with Crippen LogP contribution in [0.1, 0.15) is 26.2 Å². The summed E-state index contributed by atoms with van der Waals surface area (Å²) >= 11 is 0. The van der Waals surface area contributed by atoms with Gasteiger partial charge >= 0.3 is 0 Å². The number of nitrogens with zero attached hydrogens (tertiary/aromatic N) is 4. The van der Waals surface area contributed by atoms with E-state index in [4.69, 9.17) is 0 Å². The molecule has 1 fully saturated rings. The summed E-state index contributed by atoms with van der Waals surface area (Å²) < 4.78 is 1.51. The van der Waals surface area contributed by atoms with Gasteiger partial charge in [-0.1, -0.05) is 0 Å². The minimum absolute atomic E-state index is 0.0807. The molecule has 1 aliphatic heterocycles. The zero-order valence-electron chi connectivity index (χ0n) is 14.6. The Morgan fingerprint density at radius 2 is 2.04 bits per heavy atom. The van der Waals surface area contributed by atoms with E-state index in [1.165, 1.54) is 10.6 Å². The smallest absolute Gasteiger partial charge is 0.255 e. The highest BCUT2D eigenvalue weighted by atomic mass is 16.2. The van der Waals surface area contributed by atoms with E-state index in [9.17, 15) is 9.59 Å². The molecule has 0 radical (unpaired) electrons. The van der Waals surface area contributed by atoms with E-state index >= 15 is 0 Å². The molecule has 2 aromatic rings. The standard InChI is InChI=1S/C18H23N5O2/c1-13(24)23-10-4-3-5-15(12-23)20-18-21-16(11-17(25)22(18)2)14-6-8-19-9-7-14/h6-9,11,15H,3-5,10,12H2,1-2H3,(H,20,21)/t15-/m0/s1. The van der Waals surface area contributed by atoms with Crippen LogP contribution in [0, 0.1) is 0 Å². The van der Waals surface area contributed by atoms with E-state index < -0.39 is 0 Å². The fourth-order valence-electron chi connectivity index (χ4n) is 3.07. The monoisotopic (exact) mass is 341 g/mol. The summed E-state index contributed by atoms with van der Waals surface area (Å²) in [5, 5.41) is 3.37. The second-order valence-electron chi connectivity index (χ2n) is 6.40. The first-order valence-corrected chi connectivity index (χ1v) is 8.55. The molecule has 2 aromatic heterocycles. The van der Waals surface area contributed by atoms with Crippen molar-refractivity contribution in [1.82, 2.24) is 19.4 Å². The van der Waals surface area contributed by atoms with Crippen LogP contribution in [-0.4, -0.2) is 44.5 Å². The highest BCUT2D eigenvalue weighted by molar-refractivity contribution is 5.73. The largest absolute Gasteiger partial charge is 0.351 e. The first kappa shape index (κ1) is 17.1. The molecule has 0 saturated carbocycles. The summed E-state index contributed by atoms with van der Waals surface area (Å²) in [5.41, 5.74) is 1.34. The molecule has 3 heterocycles. The Morgan fingerprint density at radius 1 is 1.28 bits per heavy atom. The highest BCUT2D eigenvalue weighted by Crippen LogP contribution is 2.18. The minimum Gasteiger partial charge on any atom is -0.351 e. The summed E-state index contributed by atoms with van der Waals surface area (Å²) in [4.78, 5) is 34.5. The number of pyridine rings is 1. The Morgan fingerprint density at radius 3 is 2.76 bits per heavy atom. The van der Waals surface area contributed by atoms with Crippen molar-refractivity contribution in [3.8, 4) is 11.3 Å². The van der Waals surface area contributed by atoms with Gasteiger partial charge in [-0.15, -0.1) is 0 Å². The Bertz CT molecular complexity index is 803. The fraction of sp³-hybridized carbons (Fsp3) is 0.444. The number of nitrogens with one attached hydrogen (secondary N) is 1. The van der Waals surface area contributed by atoms with Gasteiger partial charge in [0.1, 0.15) is 0 Å². The molecule has 132 valence electrons. The normalized spacial score (nSPS) is 17.8. The molecular formula is C18H23N5O2. The zero-order valence-corrected chi connectivity index (χ0v) is 14.6. The second-order valence-corrected chi connectivity index (χ2v) is 6.40. The highest BCUT2D eigenvalue weighted by Gasteiger charge is 2.21. The molecule has 0 aliphatic carbocycles. The molecule has 7 nitrogen and oxygen atoms in total. The number of anilines is 1. The first-order valence-electron chi connectivity index (χ1n) is 8.55. The zero-order chi connectivity index (χ0) is 17.8. The molecule has 0 aromatic carbocycles. The molecule has 0 spiro atoms. The van der Waals surface area contributed by atoms with E-state index in [1.54, 1.807) is 26.4 Å². The Hall–Kier alpha value is -2.70. The average molecular weight is 341 g/mol. The van der Waals surface area contributed by atoms with Gasteiger partial charge in [-0.2, -0.15) is 0 Å². The van der Waals surface area contributed by atoms with Crippen LogP contribution >= 0.6 is 0 Å². The van der Waals surface area contributed by atoms with Gasteiger partial charge in [-0.3, -0.25) is 19.1 Å². The Balaban J connectivity index is 1.87. The third-order valence-electron chi connectivity index (χ3n) is 4.56. The van der Waals surface area contributed by atoms with Gasteiger partial charge in [0.2, 0.25) is 11.9 Å². The van der Waals surface area contributed by atoms with Crippen LogP contribution in [0.5, 0.6) is 0 Å². The molecular weight excluding hydrogens is 318 g/mol. The maximum atomic E-state index is 12.3. The molecule has 1 saturated heterocycles. The number of carbonyl (C=O) groups excluding carboxylic acids is 1. The molecule has 3 rings (SSSR count). The molecule has 0 bridgehead atoms. The number of amides is 1. The summed E-state index contributed by atoms with van der Waals surface area (Å²) in [5.74, 6) is 0.607. The average Bonchev–Trinajstić information content (AvgIpc) is 2.85. The van der Waals surface area contributed by atoms with Crippen LogP contribution in [0.15, 0.2) is 35.4 Å². The van der Waals surface area contributed by atoms with Crippen molar-refractivity contribution in [2.45, 2.75) is 32.2 Å². The molecule has 25 heavy (non-hydrogen) atoms. The molecule has 1 amide bonds. The second kappa shape index (κ2) is 7.46. The van der Waals surface area contributed by atoms with Crippen molar-refractivity contribution in [1.29, 1.82) is 0 Å². The third-order valence-corrected chi connectivity index (χ3v) is 4.56. The van der Waals surface area contributed by atoms with Crippen molar-refractivity contribution < 1.29 is 4.79 Å². The molecule has 1 atom stereocenters. The first-order chi connectivity index (χ1) is 12.0. The van der Waals surface area contributed by atoms with Gasteiger partial charge in [0.25, 0.3) is 5.56 Å². The van der Waals surface area contributed by atoms with Gasteiger partial charge in [0, 0.05) is 57.1 Å². The van der Waals surface area contributed by atoms with Crippen molar-refractivity contribution in [2.24, 2.45) is 7.05 Å². The van der Waals surface area contributed by atoms with Gasteiger partial charge < -0.3 is 10.2 Å². The maximum Gasteiger partial charge on any atom is 0.255 e. The van der Waals surface area contributed by atoms with Crippen LogP contribution in [0.25, 0.3) is 11.3 Å². The van der Waals surface area contributed by atoms with Crippen molar-refractivity contribution in [3.63, 3.8) is 0 Å². The lowest BCUT2D eigenvalue weighted by Gasteiger charge is -2.25. The van der Waals surface area contributed by atoms with Gasteiger partial charge in [-0.05, 0) is 31.4 Å². The topological polar surface area (TPSA) is 80.1 Å². The lowest BCUT2D eigenvalue weighted by atomic mass is 10.1. The molecule has 1 aliphatic rings. The summed E-state index contributed by atoms with van der Waals surface area (Å²) in [7, 11) is 1.70. The summed E-state index contributed by atoms with van der Waals surface area (Å²) in [6.07, 6.45) is 6.34. The summed E-state index contributed by atoms with van der Waals surface area (Å²) in [6.45, 7) is 3.02. The quantitative estimate of drug-likeness (QED) is 0.918. The van der Waals surface area contributed by atoms with E-state index in [1.807, 2.05) is 17.0 Å².